The zero-order valence-electron chi connectivity index (χ0n) is 12.3. The molecular formula is C16H29FO2. The van der Waals surface area contributed by atoms with E-state index < -0.39 is 0 Å². The summed E-state index contributed by atoms with van der Waals surface area (Å²) in [5, 5.41) is 0. The molecule has 0 aromatic rings. The van der Waals surface area contributed by atoms with Crippen molar-refractivity contribution in [3.63, 3.8) is 0 Å². The monoisotopic (exact) mass is 272 g/mol. The Morgan fingerprint density at radius 1 is 0.895 bits per heavy atom. The van der Waals surface area contributed by atoms with Gasteiger partial charge < -0.3 is 4.74 Å². The van der Waals surface area contributed by atoms with Gasteiger partial charge >= 0.3 is 5.97 Å². The van der Waals surface area contributed by atoms with Crippen molar-refractivity contribution >= 4 is 5.97 Å². The number of esters is 1. The topological polar surface area (TPSA) is 26.3 Å². The maximum absolute atomic E-state index is 11.8. The standard InChI is InChI=1S/C16H29FO2/c1-16(18)19-15-13-11-9-7-5-3-2-4-6-8-10-12-14-17/h13,15H,2-12,14H2,1H3/b15-13-. The molecule has 0 N–H and O–H groups in total. The fourth-order valence-corrected chi connectivity index (χ4v) is 1.98. The average molecular weight is 272 g/mol. The average Bonchev–Trinajstić information content (AvgIpc) is 2.39. The van der Waals surface area contributed by atoms with E-state index in [0.717, 1.165) is 25.7 Å². The van der Waals surface area contributed by atoms with Crippen molar-refractivity contribution in [3.8, 4) is 0 Å². The Morgan fingerprint density at radius 2 is 1.37 bits per heavy atom. The lowest BCUT2D eigenvalue weighted by molar-refractivity contribution is -0.135. The van der Waals surface area contributed by atoms with E-state index in [-0.39, 0.29) is 12.6 Å². The van der Waals surface area contributed by atoms with Gasteiger partial charge in [-0.05, 0) is 25.3 Å². The Kier molecular flexibility index (Phi) is 14.5. The van der Waals surface area contributed by atoms with E-state index in [1.165, 1.54) is 58.1 Å². The zero-order valence-corrected chi connectivity index (χ0v) is 12.3. The number of hydrogen-bond acceptors (Lipinski definition) is 2. The van der Waals surface area contributed by atoms with Gasteiger partial charge in [-0.25, -0.2) is 0 Å². The first-order valence-electron chi connectivity index (χ1n) is 7.65. The number of unbranched alkanes of at least 4 members (excludes halogenated alkanes) is 10. The Morgan fingerprint density at radius 3 is 1.84 bits per heavy atom. The van der Waals surface area contributed by atoms with Crippen molar-refractivity contribution in [1.82, 2.24) is 0 Å². The summed E-state index contributed by atoms with van der Waals surface area (Å²) < 4.78 is 16.5. The summed E-state index contributed by atoms with van der Waals surface area (Å²) in [4.78, 5) is 10.5. The van der Waals surface area contributed by atoms with Crippen molar-refractivity contribution in [2.75, 3.05) is 6.67 Å². The number of hydrogen-bond donors (Lipinski definition) is 0. The van der Waals surface area contributed by atoms with Crippen LogP contribution in [0.5, 0.6) is 0 Å². The molecule has 0 rings (SSSR count). The molecule has 0 saturated carbocycles. The van der Waals surface area contributed by atoms with Gasteiger partial charge in [0.05, 0.1) is 12.9 Å². The van der Waals surface area contributed by atoms with Crippen LogP contribution in [-0.4, -0.2) is 12.6 Å². The molecule has 0 aliphatic carbocycles. The van der Waals surface area contributed by atoms with Crippen LogP contribution in [0.15, 0.2) is 12.3 Å². The molecule has 0 fully saturated rings. The van der Waals surface area contributed by atoms with Crippen LogP contribution in [0.25, 0.3) is 0 Å². The Bertz CT molecular complexity index is 227. The van der Waals surface area contributed by atoms with E-state index in [4.69, 9.17) is 4.74 Å². The van der Waals surface area contributed by atoms with Gasteiger partial charge in [0, 0.05) is 6.92 Å². The summed E-state index contributed by atoms with van der Waals surface area (Å²) in [5.41, 5.74) is 0. The third kappa shape index (κ3) is 17.1. The highest BCUT2D eigenvalue weighted by Crippen LogP contribution is 2.11. The first-order chi connectivity index (χ1) is 9.27. The van der Waals surface area contributed by atoms with Crippen LogP contribution >= 0.6 is 0 Å². The Balaban J connectivity index is 3.02. The Hall–Kier alpha value is -0.860. The number of carbonyl (C=O) groups excluding carboxylic acids is 1. The molecule has 0 aliphatic heterocycles. The molecule has 3 heteroatoms. The van der Waals surface area contributed by atoms with Gasteiger partial charge in [0.25, 0.3) is 0 Å². The molecule has 0 atom stereocenters. The molecule has 2 nitrogen and oxygen atoms in total. The number of halogens is 1. The van der Waals surface area contributed by atoms with Gasteiger partial charge in [0.1, 0.15) is 0 Å². The lowest BCUT2D eigenvalue weighted by Gasteiger charge is -2.01. The molecule has 0 unspecified atom stereocenters. The van der Waals surface area contributed by atoms with Gasteiger partial charge in [0.2, 0.25) is 0 Å². The quantitative estimate of drug-likeness (QED) is 0.257. The molecule has 0 aromatic heterocycles. The summed E-state index contributed by atoms with van der Waals surface area (Å²) in [6.45, 7) is 1.24. The lowest BCUT2D eigenvalue weighted by Crippen LogP contribution is -1.89. The third-order valence-corrected chi connectivity index (χ3v) is 3.08. The maximum atomic E-state index is 11.8. The van der Waals surface area contributed by atoms with Crippen LogP contribution in [0.1, 0.15) is 77.6 Å². The summed E-state index contributed by atoms with van der Waals surface area (Å²) >= 11 is 0. The molecular weight excluding hydrogens is 243 g/mol. The predicted molar refractivity (Wildman–Crippen MR) is 77.7 cm³/mol. The van der Waals surface area contributed by atoms with Crippen LogP contribution in [0.4, 0.5) is 4.39 Å². The second kappa shape index (κ2) is 15.2. The fraction of sp³-hybridized carbons (Fsp3) is 0.812. The van der Waals surface area contributed by atoms with Gasteiger partial charge in [-0.3, -0.25) is 9.18 Å². The molecule has 19 heavy (non-hydrogen) atoms. The predicted octanol–water partition coefficient (Wildman–Crippen LogP) is 5.32. The maximum Gasteiger partial charge on any atom is 0.307 e. The SMILES string of the molecule is CC(=O)O/C=C\CCCCCCCCCCCCF. The minimum absolute atomic E-state index is 0.161. The van der Waals surface area contributed by atoms with Gasteiger partial charge in [-0.2, -0.15) is 0 Å². The van der Waals surface area contributed by atoms with Crippen LogP contribution in [-0.2, 0) is 9.53 Å². The van der Waals surface area contributed by atoms with Gasteiger partial charge in [-0.1, -0.05) is 51.4 Å². The number of allylic oxidation sites excluding steroid dienone is 1. The van der Waals surface area contributed by atoms with Gasteiger partial charge in [0.15, 0.2) is 0 Å². The second-order valence-corrected chi connectivity index (χ2v) is 4.99. The van der Waals surface area contributed by atoms with E-state index in [9.17, 15) is 9.18 Å². The molecule has 0 saturated heterocycles. The normalized spacial score (nSPS) is 11.1. The zero-order chi connectivity index (χ0) is 14.2. The van der Waals surface area contributed by atoms with Crippen molar-refractivity contribution in [1.29, 1.82) is 0 Å². The molecule has 0 bridgehead atoms. The number of alkyl halides is 1. The van der Waals surface area contributed by atoms with Crippen LogP contribution < -0.4 is 0 Å². The summed E-state index contributed by atoms with van der Waals surface area (Å²) in [5.74, 6) is -0.261. The van der Waals surface area contributed by atoms with E-state index in [1.54, 1.807) is 0 Å². The van der Waals surface area contributed by atoms with Crippen molar-refractivity contribution in [3.05, 3.63) is 12.3 Å². The van der Waals surface area contributed by atoms with Crippen molar-refractivity contribution in [2.24, 2.45) is 0 Å². The van der Waals surface area contributed by atoms with Crippen molar-refractivity contribution in [2.45, 2.75) is 77.6 Å². The molecule has 0 aromatic carbocycles. The highest BCUT2D eigenvalue weighted by atomic mass is 19.1. The van der Waals surface area contributed by atoms with Crippen LogP contribution in [0, 0.1) is 0 Å². The van der Waals surface area contributed by atoms with Crippen molar-refractivity contribution < 1.29 is 13.9 Å². The van der Waals surface area contributed by atoms with E-state index in [2.05, 4.69) is 0 Å². The summed E-state index contributed by atoms with van der Waals surface area (Å²) in [7, 11) is 0. The van der Waals surface area contributed by atoms with E-state index in [0.29, 0.717) is 0 Å². The summed E-state index contributed by atoms with van der Waals surface area (Å²) in [6, 6.07) is 0. The molecule has 0 spiro atoms. The molecule has 0 radical (unpaired) electrons. The van der Waals surface area contributed by atoms with Gasteiger partial charge in [-0.15, -0.1) is 0 Å². The largest absolute Gasteiger partial charge is 0.435 e. The number of carbonyl (C=O) groups is 1. The third-order valence-electron chi connectivity index (χ3n) is 3.08. The van der Waals surface area contributed by atoms with E-state index >= 15 is 0 Å². The second-order valence-electron chi connectivity index (χ2n) is 4.99. The highest BCUT2D eigenvalue weighted by Gasteiger charge is 1.93. The minimum Gasteiger partial charge on any atom is -0.435 e. The smallest absolute Gasteiger partial charge is 0.307 e. The summed E-state index contributed by atoms with van der Waals surface area (Å²) in [6.07, 6.45) is 16.2. The van der Waals surface area contributed by atoms with Crippen LogP contribution in [0.2, 0.25) is 0 Å². The fourth-order valence-electron chi connectivity index (χ4n) is 1.98. The number of rotatable bonds is 13. The first kappa shape index (κ1) is 18.1. The van der Waals surface area contributed by atoms with E-state index in [1.807, 2.05) is 6.08 Å². The molecule has 0 amide bonds. The Labute approximate surface area is 117 Å². The minimum atomic E-state index is -0.261. The lowest BCUT2D eigenvalue weighted by atomic mass is 10.1. The molecule has 0 heterocycles. The van der Waals surface area contributed by atoms with Crippen LogP contribution in [0.3, 0.4) is 0 Å². The first-order valence-corrected chi connectivity index (χ1v) is 7.65. The highest BCUT2D eigenvalue weighted by molar-refractivity contribution is 5.66. The number of ether oxygens (including phenoxy) is 1. The molecule has 0 aliphatic rings. The molecule has 112 valence electrons.